The number of hydrogen-bond acceptors (Lipinski definition) is 9. The molecule has 194 valence electrons. The van der Waals surface area contributed by atoms with E-state index in [0.717, 1.165) is 37.7 Å². The number of rotatable bonds is 9. The van der Waals surface area contributed by atoms with Crippen molar-refractivity contribution in [1.29, 1.82) is 0 Å². The first kappa shape index (κ1) is 25.9. The van der Waals surface area contributed by atoms with Gasteiger partial charge in [-0.05, 0) is 51.5 Å². The fourth-order valence-corrected chi connectivity index (χ4v) is 6.19. The van der Waals surface area contributed by atoms with E-state index in [-0.39, 0.29) is 30.3 Å². The van der Waals surface area contributed by atoms with Crippen molar-refractivity contribution in [3.63, 3.8) is 0 Å². The summed E-state index contributed by atoms with van der Waals surface area (Å²) in [5, 5.41) is 7.86. The normalized spacial score (nSPS) is 27.0. The minimum absolute atomic E-state index is 0.148. The molecule has 2 aliphatic rings. The smallest absolute Gasteiger partial charge is 0.238 e. The lowest BCUT2D eigenvalue weighted by atomic mass is 9.89. The highest BCUT2D eigenvalue weighted by Gasteiger charge is 2.41. The SMILES string of the molecule is COC1CCCC(OC)C1n1c(NS(=O)(=O)C(C)C(C)c2ncc(C)cn2)nnc1C1CCCO1. The number of methoxy groups -OCH3 is 2. The van der Waals surface area contributed by atoms with Crippen LogP contribution in [0.1, 0.15) is 81.2 Å². The molecule has 0 spiro atoms. The molecule has 0 amide bonds. The van der Waals surface area contributed by atoms with Gasteiger partial charge < -0.3 is 14.2 Å². The van der Waals surface area contributed by atoms with Crippen LogP contribution in [-0.4, -0.2) is 71.4 Å². The van der Waals surface area contributed by atoms with E-state index in [4.69, 9.17) is 14.2 Å². The third-order valence-corrected chi connectivity index (χ3v) is 9.07. The first-order valence-corrected chi connectivity index (χ1v) is 13.7. The summed E-state index contributed by atoms with van der Waals surface area (Å²) < 4.78 is 49.1. The van der Waals surface area contributed by atoms with E-state index in [1.165, 1.54) is 0 Å². The van der Waals surface area contributed by atoms with Crippen LogP contribution in [0.2, 0.25) is 0 Å². The lowest BCUT2D eigenvalue weighted by Crippen LogP contribution is -2.42. The molecule has 1 saturated heterocycles. The van der Waals surface area contributed by atoms with Crippen molar-refractivity contribution >= 4 is 16.0 Å². The Morgan fingerprint density at radius 3 is 2.29 bits per heavy atom. The monoisotopic (exact) mass is 508 g/mol. The minimum atomic E-state index is -3.87. The lowest BCUT2D eigenvalue weighted by molar-refractivity contribution is -0.0580. The molecular weight excluding hydrogens is 472 g/mol. The van der Waals surface area contributed by atoms with Crippen LogP contribution >= 0.6 is 0 Å². The molecule has 35 heavy (non-hydrogen) atoms. The van der Waals surface area contributed by atoms with E-state index in [0.29, 0.717) is 18.3 Å². The summed E-state index contributed by atoms with van der Waals surface area (Å²) >= 11 is 0. The second kappa shape index (κ2) is 10.9. The Hall–Kier alpha value is -2.15. The number of aromatic nitrogens is 5. The minimum Gasteiger partial charge on any atom is -0.379 e. The van der Waals surface area contributed by atoms with Gasteiger partial charge in [0.15, 0.2) is 5.82 Å². The van der Waals surface area contributed by atoms with Crippen LogP contribution in [0.25, 0.3) is 0 Å². The molecule has 2 aromatic heterocycles. The second-order valence-corrected chi connectivity index (χ2v) is 11.5. The van der Waals surface area contributed by atoms with Crippen LogP contribution in [0, 0.1) is 6.92 Å². The van der Waals surface area contributed by atoms with Crippen LogP contribution in [0.3, 0.4) is 0 Å². The zero-order valence-corrected chi connectivity index (χ0v) is 21.9. The van der Waals surface area contributed by atoms with Crippen LogP contribution in [0.5, 0.6) is 0 Å². The fraction of sp³-hybridized carbons (Fsp3) is 0.739. The highest BCUT2D eigenvalue weighted by atomic mass is 32.2. The summed E-state index contributed by atoms with van der Waals surface area (Å²) in [4.78, 5) is 8.65. The Kier molecular flexibility index (Phi) is 8.04. The summed E-state index contributed by atoms with van der Waals surface area (Å²) in [5.74, 6) is 0.783. The predicted molar refractivity (Wildman–Crippen MR) is 130 cm³/mol. The summed E-state index contributed by atoms with van der Waals surface area (Å²) in [6.45, 7) is 5.98. The lowest BCUT2D eigenvalue weighted by Gasteiger charge is -2.38. The Bertz CT molecular complexity index is 1070. The van der Waals surface area contributed by atoms with E-state index in [9.17, 15) is 8.42 Å². The molecule has 1 aliphatic heterocycles. The quantitative estimate of drug-likeness (QED) is 0.543. The van der Waals surface area contributed by atoms with E-state index < -0.39 is 21.2 Å². The molecule has 2 fully saturated rings. The molecule has 1 aliphatic carbocycles. The first-order valence-electron chi connectivity index (χ1n) is 12.2. The number of nitrogens with one attached hydrogen (secondary N) is 1. The van der Waals surface area contributed by atoms with Crippen molar-refractivity contribution in [1.82, 2.24) is 24.7 Å². The Morgan fingerprint density at radius 2 is 1.71 bits per heavy atom. The van der Waals surface area contributed by atoms with Gasteiger partial charge in [-0.1, -0.05) is 6.92 Å². The van der Waals surface area contributed by atoms with Crippen molar-refractivity contribution in [2.45, 2.75) is 88.4 Å². The van der Waals surface area contributed by atoms with Crippen LogP contribution in [0.4, 0.5) is 5.95 Å². The van der Waals surface area contributed by atoms with Gasteiger partial charge in [-0.15, -0.1) is 10.2 Å². The number of aryl methyl sites for hydroxylation is 1. The number of anilines is 1. The largest absolute Gasteiger partial charge is 0.379 e. The maximum Gasteiger partial charge on any atom is 0.238 e. The highest BCUT2D eigenvalue weighted by Crippen LogP contribution is 2.39. The van der Waals surface area contributed by atoms with E-state index >= 15 is 0 Å². The molecule has 1 N–H and O–H groups in total. The molecule has 5 atom stereocenters. The summed E-state index contributed by atoms with van der Waals surface area (Å²) in [5.41, 5.74) is 0.914. The third kappa shape index (κ3) is 5.35. The molecule has 2 aromatic rings. The predicted octanol–water partition coefficient (Wildman–Crippen LogP) is 2.92. The van der Waals surface area contributed by atoms with Crippen LogP contribution < -0.4 is 4.72 Å². The molecule has 3 heterocycles. The van der Waals surface area contributed by atoms with Crippen LogP contribution in [0.15, 0.2) is 12.4 Å². The fourth-order valence-electron chi connectivity index (χ4n) is 4.95. The van der Waals surface area contributed by atoms with Crippen molar-refractivity contribution in [2.75, 3.05) is 25.5 Å². The molecule has 4 rings (SSSR count). The van der Waals surface area contributed by atoms with Gasteiger partial charge in [0, 0.05) is 39.1 Å². The zero-order valence-electron chi connectivity index (χ0n) is 21.0. The molecule has 0 radical (unpaired) electrons. The van der Waals surface area contributed by atoms with E-state index in [1.54, 1.807) is 40.5 Å². The first-order chi connectivity index (χ1) is 16.8. The Morgan fingerprint density at radius 1 is 1.06 bits per heavy atom. The Balaban J connectivity index is 1.69. The molecule has 0 bridgehead atoms. The molecule has 11 nitrogen and oxygen atoms in total. The molecular formula is C23H36N6O5S. The number of sulfonamides is 1. The van der Waals surface area contributed by atoms with Gasteiger partial charge in [0.1, 0.15) is 11.9 Å². The van der Waals surface area contributed by atoms with Crippen LogP contribution in [-0.2, 0) is 24.2 Å². The van der Waals surface area contributed by atoms with Crippen molar-refractivity contribution in [3.8, 4) is 0 Å². The van der Waals surface area contributed by atoms with Crippen molar-refractivity contribution < 1.29 is 22.6 Å². The number of ether oxygens (including phenoxy) is 3. The number of hydrogen-bond donors (Lipinski definition) is 1. The highest BCUT2D eigenvalue weighted by molar-refractivity contribution is 7.93. The van der Waals surface area contributed by atoms with E-state index in [1.807, 2.05) is 11.5 Å². The maximum absolute atomic E-state index is 13.5. The standard InChI is InChI=1S/C23H36N6O5S/c1-14-12-24-21(25-13-14)15(2)16(3)35(30,31)28-23-27-26-22(19-10-7-11-34-19)29(23)20-17(32-4)8-6-9-18(20)33-5/h12-13,15-20H,6-11H2,1-5H3,(H,27,28). The maximum atomic E-state index is 13.5. The molecule has 0 aromatic carbocycles. The number of nitrogens with zero attached hydrogens (tertiary/aromatic N) is 5. The summed E-state index contributed by atoms with van der Waals surface area (Å²) in [6.07, 6.45) is 7.09. The zero-order chi connectivity index (χ0) is 25.2. The van der Waals surface area contributed by atoms with Gasteiger partial charge in [-0.3, -0.25) is 9.29 Å². The van der Waals surface area contributed by atoms with Gasteiger partial charge in [-0.25, -0.2) is 18.4 Å². The summed E-state index contributed by atoms with van der Waals surface area (Å²) in [7, 11) is -0.531. The van der Waals surface area contributed by atoms with Gasteiger partial charge >= 0.3 is 0 Å². The average molecular weight is 509 g/mol. The second-order valence-electron chi connectivity index (χ2n) is 9.48. The van der Waals surface area contributed by atoms with E-state index in [2.05, 4.69) is 24.9 Å². The average Bonchev–Trinajstić information content (AvgIpc) is 3.52. The van der Waals surface area contributed by atoms with Gasteiger partial charge in [0.25, 0.3) is 0 Å². The molecule has 5 unspecified atom stereocenters. The third-order valence-electron chi connectivity index (χ3n) is 7.22. The Labute approximate surface area is 207 Å². The van der Waals surface area contributed by atoms with Crippen molar-refractivity contribution in [3.05, 3.63) is 29.6 Å². The van der Waals surface area contributed by atoms with Crippen molar-refractivity contribution in [2.24, 2.45) is 0 Å². The molecule has 12 heteroatoms. The topological polar surface area (TPSA) is 130 Å². The van der Waals surface area contributed by atoms with Gasteiger partial charge in [-0.2, -0.15) is 0 Å². The van der Waals surface area contributed by atoms with Gasteiger partial charge in [0.2, 0.25) is 16.0 Å². The summed E-state index contributed by atoms with van der Waals surface area (Å²) in [6, 6.07) is -0.293. The van der Waals surface area contributed by atoms with Gasteiger partial charge in [0.05, 0.1) is 23.5 Å². The molecule has 1 saturated carbocycles.